The number of aliphatic hydroxyl groups excluding tert-OH is 1. The Hall–Kier alpha value is -1.31. The van der Waals surface area contributed by atoms with E-state index >= 15 is 0 Å². The third-order valence-electron chi connectivity index (χ3n) is 3.01. The minimum Gasteiger partial charge on any atom is -0.396 e. The first-order chi connectivity index (χ1) is 8.11. The lowest BCUT2D eigenvalue weighted by molar-refractivity contribution is 0.216. The van der Waals surface area contributed by atoms with Crippen LogP contribution in [0.2, 0.25) is 0 Å². The van der Waals surface area contributed by atoms with Gasteiger partial charge < -0.3 is 15.7 Å². The van der Waals surface area contributed by atoms with Crippen molar-refractivity contribution in [2.24, 2.45) is 5.14 Å². The molecule has 1 aromatic carbocycles. The summed E-state index contributed by atoms with van der Waals surface area (Å²) in [5.74, 6) is 0. The van der Waals surface area contributed by atoms with E-state index < -0.39 is 15.6 Å². The van der Waals surface area contributed by atoms with Gasteiger partial charge in [0.25, 0.3) is 0 Å². The molecule has 1 aromatic rings. The van der Waals surface area contributed by atoms with Crippen molar-refractivity contribution in [2.75, 3.05) is 24.3 Å². The molecule has 0 bridgehead atoms. The van der Waals surface area contributed by atoms with Gasteiger partial charge in [-0.2, -0.15) is 0 Å². The number of nitrogen functional groups attached to an aromatic ring is 1. The van der Waals surface area contributed by atoms with Crippen molar-refractivity contribution in [3.8, 4) is 0 Å². The molecule has 0 saturated carbocycles. The number of likely N-dealkylation sites (N-methyl/N-ethyl adjacent to an activating group) is 1. The highest BCUT2D eigenvalue weighted by atomic mass is 32.2. The standard InChI is InChI=1S/C11H19N3O3S/c1-11(2,7-15)14(3)8-5-4-6-9(10(8)12)18(13,16)17/h4-6,15H,7,12H2,1-3H3,(H2,13,16,17). The normalized spacial score (nSPS) is 12.5. The monoisotopic (exact) mass is 273 g/mol. The van der Waals surface area contributed by atoms with Crippen molar-refractivity contribution in [3.05, 3.63) is 18.2 Å². The van der Waals surface area contributed by atoms with Crippen LogP contribution >= 0.6 is 0 Å². The van der Waals surface area contributed by atoms with Crippen molar-refractivity contribution in [1.29, 1.82) is 0 Å². The predicted octanol–water partition coefficient (Wildman–Crippen LogP) is 0.123. The fourth-order valence-electron chi connectivity index (χ4n) is 1.51. The Kier molecular flexibility index (Phi) is 3.89. The lowest BCUT2D eigenvalue weighted by Crippen LogP contribution is -2.44. The van der Waals surface area contributed by atoms with Gasteiger partial charge in [-0.25, -0.2) is 13.6 Å². The second kappa shape index (κ2) is 4.75. The second-order valence-corrected chi connectivity index (χ2v) is 6.29. The maximum atomic E-state index is 11.4. The van der Waals surface area contributed by atoms with Gasteiger partial charge in [-0.1, -0.05) is 6.07 Å². The van der Waals surface area contributed by atoms with Gasteiger partial charge in [0.2, 0.25) is 10.0 Å². The molecule has 0 saturated heterocycles. The molecular formula is C11H19N3O3S. The van der Waals surface area contributed by atoms with E-state index in [4.69, 9.17) is 10.9 Å². The second-order valence-electron chi connectivity index (χ2n) is 4.76. The van der Waals surface area contributed by atoms with Crippen LogP contribution in [0.5, 0.6) is 0 Å². The van der Waals surface area contributed by atoms with Gasteiger partial charge in [0, 0.05) is 7.05 Å². The van der Waals surface area contributed by atoms with Gasteiger partial charge in [-0.3, -0.25) is 0 Å². The van der Waals surface area contributed by atoms with E-state index in [1.807, 2.05) is 13.8 Å². The summed E-state index contributed by atoms with van der Waals surface area (Å²) in [6.45, 7) is 3.54. The smallest absolute Gasteiger partial charge is 0.240 e. The summed E-state index contributed by atoms with van der Waals surface area (Å²) in [5, 5.41) is 14.4. The maximum absolute atomic E-state index is 11.4. The first-order valence-corrected chi connectivity index (χ1v) is 6.92. The minimum atomic E-state index is -3.86. The molecule has 18 heavy (non-hydrogen) atoms. The molecule has 0 amide bonds. The van der Waals surface area contributed by atoms with E-state index in [1.165, 1.54) is 6.07 Å². The van der Waals surface area contributed by atoms with Gasteiger partial charge in [0.15, 0.2) is 0 Å². The molecule has 102 valence electrons. The van der Waals surface area contributed by atoms with Crippen molar-refractivity contribution in [2.45, 2.75) is 24.3 Å². The number of nitrogens with zero attached hydrogens (tertiary/aromatic N) is 1. The first kappa shape index (κ1) is 14.7. The highest BCUT2D eigenvalue weighted by Crippen LogP contribution is 2.32. The topological polar surface area (TPSA) is 110 Å². The van der Waals surface area contributed by atoms with Gasteiger partial charge in [-0.05, 0) is 26.0 Å². The van der Waals surface area contributed by atoms with Crippen LogP contribution in [0.4, 0.5) is 11.4 Å². The summed E-state index contributed by atoms with van der Waals surface area (Å²) in [7, 11) is -2.12. The van der Waals surface area contributed by atoms with Crippen molar-refractivity contribution >= 4 is 21.4 Å². The van der Waals surface area contributed by atoms with Crippen molar-refractivity contribution in [1.82, 2.24) is 0 Å². The molecule has 0 atom stereocenters. The molecule has 0 spiro atoms. The lowest BCUT2D eigenvalue weighted by Gasteiger charge is -2.36. The number of benzene rings is 1. The highest BCUT2D eigenvalue weighted by Gasteiger charge is 2.26. The average Bonchev–Trinajstić information content (AvgIpc) is 2.27. The van der Waals surface area contributed by atoms with Gasteiger partial charge >= 0.3 is 0 Å². The van der Waals surface area contributed by atoms with E-state index in [9.17, 15) is 13.5 Å². The summed E-state index contributed by atoms with van der Waals surface area (Å²) in [6.07, 6.45) is 0. The molecular weight excluding hydrogens is 254 g/mol. The number of sulfonamides is 1. The van der Waals surface area contributed by atoms with Crippen LogP contribution in [0.3, 0.4) is 0 Å². The Morgan fingerprint density at radius 3 is 2.39 bits per heavy atom. The van der Waals surface area contributed by atoms with Crippen LogP contribution in [-0.4, -0.2) is 32.7 Å². The number of anilines is 2. The van der Waals surface area contributed by atoms with E-state index in [0.29, 0.717) is 5.69 Å². The molecule has 5 N–H and O–H groups in total. The molecule has 0 radical (unpaired) electrons. The molecule has 6 nitrogen and oxygen atoms in total. The lowest BCUT2D eigenvalue weighted by atomic mass is 10.0. The quantitative estimate of drug-likeness (QED) is 0.675. The third-order valence-corrected chi connectivity index (χ3v) is 3.97. The summed E-state index contributed by atoms with van der Waals surface area (Å²) in [5.41, 5.74) is 5.88. The Bertz CT molecular complexity index is 540. The Morgan fingerprint density at radius 1 is 1.39 bits per heavy atom. The summed E-state index contributed by atoms with van der Waals surface area (Å²) < 4.78 is 22.8. The first-order valence-electron chi connectivity index (χ1n) is 5.37. The number of rotatable bonds is 4. The van der Waals surface area contributed by atoms with Crippen LogP contribution in [0, 0.1) is 0 Å². The number of hydrogen-bond acceptors (Lipinski definition) is 5. The zero-order valence-corrected chi connectivity index (χ0v) is 11.5. The molecule has 0 aliphatic heterocycles. The molecule has 0 aliphatic carbocycles. The molecule has 0 aliphatic rings. The zero-order valence-electron chi connectivity index (χ0n) is 10.7. The van der Waals surface area contributed by atoms with Crippen molar-refractivity contribution < 1.29 is 13.5 Å². The predicted molar refractivity (Wildman–Crippen MR) is 71.8 cm³/mol. The van der Waals surface area contributed by atoms with Crippen LogP contribution in [0.1, 0.15) is 13.8 Å². The van der Waals surface area contributed by atoms with Gasteiger partial charge in [0.05, 0.1) is 23.5 Å². The fourth-order valence-corrected chi connectivity index (χ4v) is 2.18. The Labute approximate surface area is 107 Å². The SMILES string of the molecule is CN(c1cccc(S(N)(=O)=O)c1N)C(C)(C)CO. The largest absolute Gasteiger partial charge is 0.396 e. The molecule has 0 fully saturated rings. The molecule has 7 heteroatoms. The number of hydrogen-bond donors (Lipinski definition) is 3. The molecule has 0 aromatic heterocycles. The van der Waals surface area contributed by atoms with Crippen LogP contribution in [-0.2, 0) is 10.0 Å². The number of para-hydroxylation sites is 1. The average molecular weight is 273 g/mol. The van der Waals surface area contributed by atoms with Gasteiger partial charge in [0.1, 0.15) is 4.90 Å². The highest BCUT2D eigenvalue weighted by molar-refractivity contribution is 7.89. The van der Waals surface area contributed by atoms with Crippen LogP contribution in [0.15, 0.2) is 23.1 Å². The zero-order chi connectivity index (χ0) is 14.1. The van der Waals surface area contributed by atoms with E-state index in [-0.39, 0.29) is 17.2 Å². The maximum Gasteiger partial charge on any atom is 0.240 e. The number of nitrogens with two attached hydrogens (primary N) is 2. The number of primary sulfonamides is 1. The van der Waals surface area contributed by atoms with Gasteiger partial charge in [-0.15, -0.1) is 0 Å². The van der Waals surface area contributed by atoms with Crippen molar-refractivity contribution in [3.63, 3.8) is 0 Å². The summed E-state index contributed by atoms with van der Waals surface area (Å²) in [6, 6.07) is 4.60. The Balaban J connectivity index is 3.37. The van der Waals surface area contributed by atoms with E-state index in [0.717, 1.165) is 0 Å². The summed E-state index contributed by atoms with van der Waals surface area (Å²) in [4.78, 5) is 1.61. The third kappa shape index (κ3) is 2.74. The molecule has 0 unspecified atom stereocenters. The van der Waals surface area contributed by atoms with E-state index in [2.05, 4.69) is 0 Å². The van der Waals surface area contributed by atoms with Crippen LogP contribution < -0.4 is 15.8 Å². The minimum absolute atomic E-state index is 0.0871. The van der Waals surface area contributed by atoms with E-state index in [1.54, 1.807) is 24.1 Å². The molecule has 1 rings (SSSR count). The van der Waals surface area contributed by atoms with Crippen LogP contribution in [0.25, 0.3) is 0 Å². The molecule has 0 heterocycles. The summed E-state index contributed by atoms with van der Waals surface area (Å²) >= 11 is 0. The number of aliphatic hydroxyl groups is 1. The fraction of sp³-hybridized carbons (Fsp3) is 0.455. The Morgan fingerprint density at radius 2 is 1.94 bits per heavy atom.